The maximum Gasteiger partial charge on any atom is 0.228 e. The fraction of sp³-hybridized carbons (Fsp3) is 0.200. The molecule has 0 aliphatic carbocycles. The average Bonchev–Trinajstić information content (AvgIpc) is 2.34. The number of nitrogens with zero attached hydrogens (tertiary/aromatic N) is 1. The van der Waals surface area contributed by atoms with Crippen LogP contribution in [0.15, 0.2) is 17.3 Å². The molecule has 12 heavy (non-hydrogen) atoms. The van der Waals surface area contributed by atoms with E-state index in [-0.39, 0.29) is 0 Å². The quantitative estimate of drug-likeness (QED) is 0.550. The highest BCUT2D eigenvalue weighted by molar-refractivity contribution is 7.80. The van der Waals surface area contributed by atoms with Gasteiger partial charge in [0.2, 0.25) is 10.9 Å². The lowest BCUT2D eigenvalue weighted by Crippen LogP contribution is -1.97. The Kier molecular flexibility index (Phi) is 3.51. The Labute approximate surface area is 83.0 Å². The molecular formula is C5H8N2O2S3. The maximum atomic E-state index is 10.5. The molecule has 0 saturated heterocycles. The number of nitrogens with one attached hydrogen (secondary N) is 1. The molecular weight excluding hydrogens is 216 g/mol. The molecule has 1 N–H and O–H groups in total. The van der Waals surface area contributed by atoms with E-state index < -0.39 is 10.9 Å². The molecule has 0 atom stereocenters. The minimum absolute atomic E-state index is 0.484. The molecule has 0 bridgehead atoms. The summed E-state index contributed by atoms with van der Waals surface area (Å²) in [6.45, 7) is 0.484. The first-order valence-corrected chi connectivity index (χ1v) is 5.09. The van der Waals surface area contributed by atoms with Crippen molar-refractivity contribution in [2.75, 3.05) is 0 Å². The summed E-state index contributed by atoms with van der Waals surface area (Å²) in [7, 11) is -2.59. The molecule has 1 rings (SSSR count). The van der Waals surface area contributed by atoms with E-state index in [4.69, 9.17) is 0 Å². The molecule has 0 aliphatic heterocycles. The second kappa shape index (κ2) is 4.22. The Morgan fingerprint density at radius 2 is 2.17 bits per heavy atom. The van der Waals surface area contributed by atoms with Crippen LogP contribution in [0.4, 0.5) is 0 Å². The highest BCUT2D eigenvalue weighted by atomic mass is 32.2. The second-order valence-electron chi connectivity index (χ2n) is 2.12. The molecule has 0 aliphatic rings. The predicted octanol–water partition coefficient (Wildman–Crippen LogP) is 0.0857. The molecule has 68 valence electrons. The minimum Gasteiger partial charge on any atom is -0.262 e. The van der Waals surface area contributed by atoms with Gasteiger partial charge in [-0.3, -0.25) is 8.69 Å². The van der Waals surface area contributed by atoms with Gasteiger partial charge in [0.1, 0.15) is 0 Å². The van der Waals surface area contributed by atoms with Gasteiger partial charge in [0.15, 0.2) is 0 Å². The zero-order valence-electron chi connectivity index (χ0n) is 5.97. The summed E-state index contributed by atoms with van der Waals surface area (Å²) < 4.78 is 24.7. The van der Waals surface area contributed by atoms with Crippen molar-refractivity contribution < 1.29 is 8.42 Å². The molecule has 4 nitrogen and oxygen atoms in total. The molecule has 0 saturated carbocycles. The molecule has 0 fully saturated rings. The Bertz CT molecular complexity index is 336. The normalized spacial score (nSPS) is 10.9. The topological polar surface area (TPSA) is 51.1 Å². The van der Waals surface area contributed by atoms with E-state index in [2.05, 4.69) is 30.2 Å². The van der Waals surface area contributed by atoms with Gasteiger partial charge in [0, 0.05) is 23.8 Å². The van der Waals surface area contributed by atoms with Crippen LogP contribution in [0.2, 0.25) is 0 Å². The summed E-state index contributed by atoms with van der Waals surface area (Å²) in [5.41, 5.74) is 0.799. The Morgan fingerprint density at radius 3 is 2.58 bits per heavy atom. The second-order valence-corrected chi connectivity index (χ2v) is 3.86. The van der Waals surface area contributed by atoms with Crippen molar-refractivity contribution in [2.24, 2.45) is 0 Å². The number of rotatable bonds is 3. The molecule has 0 amide bonds. The summed E-state index contributed by atoms with van der Waals surface area (Å²) in [5.74, 6) is 0. The zero-order chi connectivity index (χ0) is 9.14. The summed E-state index contributed by atoms with van der Waals surface area (Å²) in [6.07, 6.45) is 2.94. The first-order valence-electron chi connectivity index (χ1n) is 3.06. The third kappa shape index (κ3) is 2.19. The van der Waals surface area contributed by atoms with Gasteiger partial charge >= 0.3 is 0 Å². The SMILES string of the molecule is O=[SH](=O)n1cc(S)c(CNS)c1. The van der Waals surface area contributed by atoms with Crippen LogP contribution < -0.4 is 4.72 Å². The lowest BCUT2D eigenvalue weighted by molar-refractivity contribution is 0.607. The van der Waals surface area contributed by atoms with Gasteiger partial charge in [0.25, 0.3) is 0 Å². The van der Waals surface area contributed by atoms with Crippen LogP contribution in [-0.2, 0) is 17.4 Å². The van der Waals surface area contributed by atoms with E-state index in [0.29, 0.717) is 11.4 Å². The standard InChI is InChI=1S/C5H8N2O2S3/c8-12(9)7-2-4(1-6-11)5(10)3-7/h2-3,6,10-12H,1H2. The number of aromatic nitrogens is 1. The van der Waals surface area contributed by atoms with Crippen LogP contribution in [0.1, 0.15) is 5.56 Å². The maximum absolute atomic E-state index is 10.5. The van der Waals surface area contributed by atoms with E-state index >= 15 is 0 Å². The van der Waals surface area contributed by atoms with Crippen molar-refractivity contribution in [1.29, 1.82) is 0 Å². The van der Waals surface area contributed by atoms with Gasteiger partial charge in [0.05, 0.1) is 0 Å². The summed E-state index contributed by atoms with van der Waals surface area (Å²) in [4.78, 5) is 0.635. The Balaban J connectivity index is 3.00. The van der Waals surface area contributed by atoms with Gasteiger partial charge < -0.3 is 0 Å². The van der Waals surface area contributed by atoms with E-state index in [1.54, 1.807) is 0 Å². The number of hydrogen-bond acceptors (Lipinski definition) is 5. The van der Waals surface area contributed by atoms with Gasteiger partial charge in [-0.1, -0.05) is 12.8 Å². The minimum atomic E-state index is -2.59. The van der Waals surface area contributed by atoms with Crippen molar-refractivity contribution in [3.63, 3.8) is 0 Å². The highest BCUT2D eigenvalue weighted by Crippen LogP contribution is 2.14. The lowest BCUT2D eigenvalue weighted by atomic mass is 10.3. The van der Waals surface area contributed by atoms with Gasteiger partial charge in [-0.25, -0.2) is 8.42 Å². The first-order chi connectivity index (χ1) is 5.65. The van der Waals surface area contributed by atoms with E-state index in [1.807, 2.05) is 0 Å². The van der Waals surface area contributed by atoms with E-state index in [0.717, 1.165) is 9.54 Å². The zero-order valence-corrected chi connectivity index (χ0v) is 8.65. The monoisotopic (exact) mass is 224 g/mol. The van der Waals surface area contributed by atoms with Gasteiger partial charge in [-0.05, 0) is 5.56 Å². The van der Waals surface area contributed by atoms with Crippen LogP contribution in [-0.4, -0.2) is 12.4 Å². The van der Waals surface area contributed by atoms with Crippen molar-refractivity contribution in [2.45, 2.75) is 11.4 Å². The smallest absolute Gasteiger partial charge is 0.228 e. The van der Waals surface area contributed by atoms with Gasteiger partial charge in [-0.15, -0.1) is 12.6 Å². The third-order valence-corrected chi connectivity index (χ3v) is 2.50. The molecule has 1 heterocycles. The molecule has 0 radical (unpaired) electrons. The molecule has 0 unspecified atom stereocenters. The molecule has 0 spiro atoms. The van der Waals surface area contributed by atoms with Crippen LogP contribution >= 0.6 is 25.4 Å². The van der Waals surface area contributed by atoms with E-state index in [9.17, 15) is 8.42 Å². The molecule has 1 aromatic heterocycles. The molecule has 1 aromatic rings. The fourth-order valence-electron chi connectivity index (χ4n) is 0.787. The summed E-state index contributed by atoms with van der Waals surface area (Å²) in [5, 5.41) is 0. The van der Waals surface area contributed by atoms with Crippen molar-refractivity contribution in [3.05, 3.63) is 18.0 Å². The first kappa shape index (κ1) is 9.97. The van der Waals surface area contributed by atoms with Crippen molar-refractivity contribution >= 4 is 36.3 Å². The van der Waals surface area contributed by atoms with Gasteiger partial charge in [-0.2, -0.15) is 0 Å². The van der Waals surface area contributed by atoms with Crippen LogP contribution in [0, 0.1) is 0 Å². The average molecular weight is 224 g/mol. The number of hydrogen-bond donors (Lipinski definition) is 4. The van der Waals surface area contributed by atoms with E-state index in [1.165, 1.54) is 12.4 Å². The largest absolute Gasteiger partial charge is 0.262 e. The Morgan fingerprint density at radius 1 is 1.50 bits per heavy atom. The molecule has 7 heteroatoms. The fourth-order valence-corrected chi connectivity index (χ4v) is 1.75. The summed E-state index contributed by atoms with van der Waals surface area (Å²) in [6, 6.07) is 0. The summed E-state index contributed by atoms with van der Waals surface area (Å²) >= 11 is 7.88. The van der Waals surface area contributed by atoms with Crippen LogP contribution in [0.3, 0.4) is 0 Å². The number of thiol groups is 3. The van der Waals surface area contributed by atoms with Crippen LogP contribution in [0.5, 0.6) is 0 Å². The van der Waals surface area contributed by atoms with Crippen molar-refractivity contribution in [1.82, 2.24) is 8.69 Å². The predicted molar refractivity (Wildman–Crippen MR) is 53.2 cm³/mol. The third-order valence-electron chi connectivity index (χ3n) is 1.33. The highest BCUT2D eigenvalue weighted by Gasteiger charge is 2.02. The van der Waals surface area contributed by atoms with Crippen LogP contribution in [0.25, 0.3) is 0 Å². The van der Waals surface area contributed by atoms with Crippen molar-refractivity contribution in [3.8, 4) is 0 Å². The lowest BCUT2D eigenvalue weighted by Gasteiger charge is -1.93. The Hall–Kier alpha value is -0.110. The molecule has 0 aromatic carbocycles.